The summed E-state index contributed by atoms with van der Waals surface area (Å²) in [6.07, 6.45) is -0.864. The molecule has 0 radical (unpaired) electrons. The first-order valence-electron chi connectivity index (χ1n) is 7.89. The Morgan fingerprint density at radius 3 is 2.92 bits per heavy atom. The van der Waals surface area contributed by atoms with E-state index in [4.69, 9.17) is 0 Å². The van der Waals surface area contributed by atoms with Crippen molar-refractivity contribution in [3.8, 4) is 0 Å². The lowest BCUT2D eigenvalue weighted by Crippen LogP contribution is -2.28. The topological polar surface area (TPSA) is 73.9 Å². The molecule has 25 heavy (non-hydrogen) atoms. The fourth-order valence-electron chi connectivity index (χ4n) is 2.72. The van der Waals surface area contributed by atoms with Gasteiger partial charge in [-0.2, -0.15) is 5.10 Å². The van der Waals surface area contributed by atoms with Crippen LogP contribution in [0.25, 0.3) is 0 Å². The molecule has 0 saturated carbocycles. The van der Waals surface area contributed by atoms with Gasteiger partial charge in [0, 0.05) is 25.6 Å². The van der Waals surface area contributed by atoms with Gasteiger partial charge in [0.2, 0.25) is 5.91 Å². The maximum Gasteiger partial charge on any atom is 0.227 e. The molecule has 2 atom stereocenters. The number of amides is 1. The molecule has 1 saturated heterocycles. The minimum absolute atomic E-state index is 0.000692. The van der Waals surface area contributed by atoms with Gasteiger partial charge in [-0.05, 0) is 6.07 Å². The van der Waals surface area contributed by atoms with Gasteiger partial charge in [-0.1, -0.05) is 12.1 Å². The monoisotopic (exact) mass is 353 g/mol. The van der Waals surface area contributed by atoms with E-state index in [1.54, 1.807) is 0 Å². The highest BCUT2D eigenvalue weighted by Gasteiger charge is 2.28. The zero-order valence-electron chi connectivity index (χ0n) is 13.6. The van der Waals surface area contributed by atoms with Crippen LogP contribution in [0.4, 0.5) is 13.2 Å². The Balaban J connectivity index is 1.60. The predicted molar refractivity (Wildman–Crippen MR) is 83.2 cm³/mol. The lowest BCUT2D eigenvalue weighted by molar-refractivity contribution is -0.129. The first-order valence-corrected chi connectivity index (χ1v) is 7.89. The summed E-state index contributed by atoms with van der Waals surface area (Å²) in [5.41, 5.74) is -0.000692. The number of rotatable bonds is 5. The van der Waals surface area contributed by atoms with E-state index >= 15 is 0 Å². The predicted octanol–water partition coefficient (Wildman–Crippen LogP) is 1.66. The highest BCUT2D eigenvalue weighted by atomic mass is 19.2. The van der Waals surface area contributed by atoms with Gasteiger partial charge in [0.05, 0.1) is 19.0 Å². The Labute approximate surface area is 142 Å². The quantitative estimate of drug-likeness (QED) is 0.857. The maximum atomic E-state index is 13.6. The average molecular weight is 353 g/mol. The Hall–Kier alpha value is -2.42. The van der Waals surface area contributed by atoms with Crippen molar-refractivity contribution in [2.75, 3.05) is 13.6 Å². The molecule has 1 aromatic carbocycles. The van der Waals surface area contributed by atoms with E-state index in [9.17, 15) is 18.0 Å². The number of nitrogens with zero attached hydrogens (tertiary/aromatic N) is 3. The van der Waals surface area contributed by atoms with Crippen molar-refractivity contribution in [3.63, 3.8) is 0 Å². The van der Waals surface area contributed by atoms with Crippen molar-refractivity contribution in [2.45, 2.75) is 31.6 Å². The summed E-state index contributed by atoms with van der Waals surface area (Å²) in [6, 6.07) is 3.48. The van der Waals surface area contributed by atoms with E-state index in [0.717, 1.165) is 6.07 Å². The summed E-state index contributed by atoms with van der Waals surface area (Å²) in [4.78, 5) is 17.8. The smallest absolute Gasteiger partial charge is 0.227 e. The van der Waals surface area contributed by atoms with E-state index in [-0.39, 0.29) is 37.0 Å². The number of aromatic nitrogens is 3. The van der Waals surface area contributed by atoms with E-state index in [2.05, 4.69) is 20.5 Å². The van der Waals surface area contributed by atoms with Crippen LogP contribution in [0.1, 0.15) is 29.7 Å². The van der Waals surface area contributed by atoms with Crippen LogP contribution in [0, 0.1) is 11.6 Å². The zero-order valence-corrected chi connectivity index (χ0v) is 13.6. The number of hydrogen-bond donors (Lipinski definition) is 2. The van der Waals surface area contributed by atoms with Gasteiger partial charge >= 0.3 is 0 Å². The highest BCUT2D eigenvalue weighted by molar-refractivity contribution is 5.78. The molecule has 1 aromatic heterocycles. The fourth-order valence-corrected chi connectivity index (χ4v) is 2.72. The number of aromatic amines is 1. The standard InChI is InChI=1S/C16H18F3N5O/c1-24(14(25)5-9-3-2-4-11(18)15(9)19)8-13-21-16(23-22-13)12-6-10(17)7-20-12/h2-4,10,12,20H,5-8H2,1H3,(H,21,22,23)/t10-,12+/m0/s1. The molecule has 2 aromatic rings. The van der Waals surface area contributed by atoms with Gasteiger partial charge in [-0.25, -0.2) is 18.2 Å². The number of benzene rings is 1. The first kappa shape index (κ1) is 17.4. The minimum atomic E-state index is -1.01. The van der Waals surface area contributed by atoms with Crippen molar-refractivity contribution in [2.24, 2.45) is 0 Å². The molecule has 1 fully saturated rings. The molecular formula is C16H18F3N5O. The van der Waals surface area contributed by atoms with Crippen LogP contribution in [0.2, 0.25) is 0 Å². The summed E-state index contributed by atoms with van der Waals surface area (Å²) in [7, 11) is 1.53. The van der Waals surface area contributed by atoms with E-state index in [1.807, 2.05) is 0 Å². The van der Waals surface area contributed by atoms with Gasteiger partial charge in [0.1, 0.15) is 12.0 Å². The van der Waals surface area contributed by atoms with Crippen LogP contribution in [-0.4, -0.2) is 45.8 Å². The van der Waals surface area contributed by atoms with E-state index in [1.165, 1.54) is 24.1 Å². The second kappa shape index (κ2) is 7.22. The van der Waals surface area contributed by atoms with Crippen LogP contribution < -0.4 is 5.32 Å². The van der Waals surface area contributed by atoms with Crippen LogP contribution in [0.3, 0.4) is 0 Å². The Bertz CT molecular complexity index is 766. The molecule has 9 heteroatoms. The number of carbonyl (C=O) groups excluding carboxylic acids is 1. The number of carbonyl (C=O) groups is 1. The number of hydrogen-bond acceptors (Lipinski definition) is 4. The minimum Gasteiger partial charge on any atom is -0.338 e. The van der Waals surface area contributed by atoms with Gasteiger partial charge in [0.25, 0.3) is 0 Å². The molecule has 1 aliphatic rings. The summed E-state index contributed by atoms with van der Waals surface area (Å²) in [5, 5.41) is 9.74. The molecule has 6 nitrogen and oxygen atoms in total. The lowest BCUT2D eigenvalue weighted by Gasteiger charge is -2.15. The third-order valence-corrected chi connectivity index (χ3v) is 4.12. The fraction of sp³-hybridized carbons (Fsp3) is 0.438. The third kappa shape index (κ3) is 3.98. The van der Waals surface area contributed by atoms with E-state index in [0.29, 0.717) is 18.1 Å². The molecule has 134 valence electrons. The first-order chi connectivity index (χ1) is 11.9. The molecule has 0 spiro atoms. The molecule has 0 bridgehead atoms. The number of alkyl halides is 1. The van der Waals surface area contributed by atoms with Gasteiger partial charge in [0.15, 0.2) is 17.5 Å². The summed E-state index contributed by atoms with van der Waals surface area (Å²) >= 11 is 0. The Kier molecular flexibility index (Phi) is 5.03. The van der Waals surface area contributed by atoms with Gasteiger partial charge < -0.3 is 10.2 Å². The normalized spacial score (nSPS) is 20.0. The lowest BCUT2D eigenvalue weighted by atomic mass is 10.1. The van der Waals surface area contributed by atoms with Crippen molar-refractivity contribution in [1.82, 2.24) is 25.4 Å². The number of likely N-dealkylation sites (N-methyl/N-ethyl adjacent to an activating group) is 1. The SMILES string of the molecule is CN(Cc1nc([C@H]2C[C@H](F)CN2)n[nH]1)C(=O)Cc1cccc(F)c1F. The van der Waals surface area contributed by atoms with Gasteiger partial charge in [-0.3, -0.25) is 9.89 Å². The van der Waals surface area contributed by atoms with Crippen molar-refractivity contribution in [1.29, 1.82) is 0 Å². The maximum absolute atomic E-state index is 13.6. The summed E-state index contributed by atoms with van der Waals surface area (Å²) < 4.78 is 40.1. The van der Waals surface area contributed by atoms with Crippen LogP contribution in [0.5, 0.6) is 0 Å². The Morgan fingerprint density at radius 2 is 2.20 bits per heavy atom. The van der Waals surface area contributed by atoms with Crippen LogP contribution in [-0.2, 0) is 17.8 Å². The van der Waals surface area contributed by atoms with E-state index < -0.39 is 17.8 Å². The molecule has 2 N–H and O–H groups in total. The second-order valence-corrected chi connectivity index (χ2v) is 6.07. The number of nitrogens with one attached hydrogen (secondary N) is 2. The molecule has 3 rings (SSSR count). The van der Waals surface area contributed by atoms with Crippen molar-refractivity contribution in [3.05, 3.63) is 47.0 Å². The van der Waals surface area contributed by atoms with Crippen molar-refractivity contribution < 1.29 is 18.0 Å². The largest absolute Gasteiger partial charge is 0.338 e. The highest BCUT2D eigenvalue weighted by Crippen LogP contribution is 2.22. The average Bonchev–Trinajstić information content (AvgIpc) is 3.20. The molecule has 2 heterocycles. The number of halogens is 3. The molecular weight excluding hydrogens is 335 g/mol. The van der Waals surface area contributed by atoms with Crippen molar-refractivity contribution >= 4 is 5.91 Å². The second-order valence-electron chi connectivity index (χ2n) is 6.07. The Morgan fingerprint density at radius 1 is 1.40 bits per heavy atom. The summed E-state index contributed by atoms with van der Waals surface area (Å²) in [5.74, 6) is -1.49. The van der Waals surface area contributed by atoms with Crippen LogP contribution >= 0.6 is 0 Å². The summed E-state index contributed by atoms with van der Waals surface area (Å²) in [6.45, 7) is 0.403. The zero-order chi connectivity index (χ0) is 18.0. The molecule has 1 aliphatic heterocycles. The molecule has 0 unspecified atom stereocenters. The number of H-pyrrole nitrogens is 1. The van der Waals surface area contributed by atoms with Gasteiger partial charge in [-0.15, -0.1) is 0 Å². The molecule has 0 aliphatic carbocycles. The third-order valence-electron chi connectivity index (χ3n) is 4.12. The van der Waals surface area contributed by atoms with Crippen LogP contribution in [0.15, 0.2) is 18.2 Å². The molecule has 1 amide bonds.